The zero-order chi connectivity index (χ0) is 13.4. The molecule has 0 aliphatic carbocycles. The van der Waals surface area contributed by atoms with Crippen LogP contribution < -0.4 is 5.32 Å². The number of benzene rings is 1. The lowest BCUT2D eigenvalue weighted by atomic mass is 10.1. The van der Waals surface area contributed by atoms with Crippen molar-refractivity contribution in [2.24, 2.45) is 5.92 Å². The van der Waals surface area contributed by atoms with Gasteiger partial charge < -0.3 is 15.2 Å². The molecule has 0 fully saturated rings. The van der Waals surface area contributed by atoms with Gasteiger partial charge in [-0.15, -0.1) is 0 Å². The molecule has 102 valence electrons. The van der Waals surface area contributed by atoms with Gasteiger partial charge in [0.15, 0.2) is 0 Å². The highest BCUT2D eigenvalue weighted by atomic mass is 16.5. The molecule has 1 aromatic carbocycles. The van der Waals surface area contributed by atoms with Gasteiger partial charge in [0.1, 0.15) is 0 Å². The number of nitrogens with one attached hydrogen (secondary N) is 1. The van der Waals surface area contributed by atoms with Crippen LogP contribution in [-0.4, -0.2) is 31.0 Å². The van der Waals surface area contributed by atoms with Crippen LogP contribution in [0.25, 0.3) is 0 Å². The smallest absolute Gasteiger partial charge is 0.0945 e. The van der Waals surface area contributed by atoms with Crippen molar-refractivity contribution in [3.63, 3.8) is 0 Å². The molecule has 1 atom stereocenters. The second-order valence-electron chi connectivity index (χ2n) is 5.02. The Morgan fingerprint density at radius 3 is 2.72 bits per heavy atom. The molecule has 1 unspecified atom stereocenters. The molecule has 0 aromatic heterocycles. The highest BCUT2D eigenvalue weighted by Crippen LogP contribution is 2.10. The van der Waals surface area contributed by atoms with E-state index < -0.39 is 6.10 Å². The van der Waals surface area contributed by atoms with Gasteiger partial charge in [-0.2, -0.15) is 0 Å². The summed E-state index contributed by atoms with van der Waals surface area (Å²) in [5, 5.41) is 13.0. The summed E-state index contributed by atoms with van der Waals surface area (Å²) >= 11 is 0. The normalized spacial score (nSPS) is 12.7. The van der Waals surface area contributed by atoms with E-state index >= 15 is 0 Å². The quantitative estimate of drug-likeness (QED) is 0.746. The van der Waals surface area contributed by atoms with Crippen LogP contribution in [0.1, 0.15) is 26.3 Å². The van der Waals surface area contributed by atoms with Crippen molar-refractivity contribution in [1.29, 1.82) is 0 Å². The number of aliphatic hydroxyl groups is 1. The summed E-state index contributed by atoms with van der Waals surface area (Å²) < 4.78 is 5.40. The largest absolute Gasteiger partial charge is 0.389 e. The highest BCUT2D eigenvalue weighted by molar-refractivity contribution is 5.45. The summed E-state index contributed by atoms with van der Waals surface area (Å²) in [6.07, 6.45) is 0.560. The topological polar surface area (TPSA) is 41.5 Å². The lowest BCUT2D eigenvalue weighted by molar-refractivity contribution is 0.0318. The molecule has 0 aliphatic heterocycles. The van der Waals surface area contributed by atoms with Crippen molar-refractivity contribution >= 4 is 5.69 Å². The van der Waals surface area contributed by atoms with E-state index in [1.807, 2.05) is 12.1 Å². The van der Waals surface area contributed by atoms with E-state index in [1.54, 1.807) is 0 Å². The van der Waals surface area contributed by atoms with Crippen molar-refractivity contribution in [2.75, 3.05) is 25.1 Å². The Balaban J connectivity index is 2.26. The Bertz CT molecular complexity index is 339. The number of aliphatic hydroxyl groups excluding tert-OH is 1. The van der Waals surface area contributed by atoms with Gasteiger partial charge in [-0.25, -0.2) is 0 Å². The van der Waals surface area contributed by atoms with Crippen LogP contribution in [0.15, 0.2) is 24.3 Å². The van der Waals surface area contributed by atoms with Crippen LogP contribution in [0.5, 0.6) is 0 Å². The summed E-state index contributed by atoms with van der Waals surface area (Å²) in [7, 11) is 0. The molecule has 3 heteroatoms. The molecule has 1 rings (SSSR count). The summed E-state index contributed by atoms with van der Waals surface area (Å²) in [5.74, 6) is 0.506. The van der Waals surface area contributed by atoms with Crippen LogP contribution in [0.4, 0.5) is 5.69 Å². The molecule has 0 amide bonds. The lowest BCUT2D eigenvalue weighted by Crippen LogP contribution is -2.25. The molecular weight excluding hydrogens is 226 g/mol. The van der Waals surface area contributed by atoms with Gasteiger partial charge in [0.25, 0.3) is 0 Å². The van der Waals surface area contributed by atoms with Crippen LogP contribution >= 0.6 is 0 Å². The zero-order valence-electron chi connectivity index (χ0n) is 11.6. The van der Waals surface area contributed by atoms with Gasteiger partial charge in [-0.1, -0.05) is 32.9 Å². The van der Waals surface area contributed by atoms with Crippen LogP contribution in [0.2, 0.25) is 0 Å². The second-order valence-corrected chi connectivity index (χ2v) is 5.02. The maximum absolute atomic E-state index is 9.76. The molecule has 0 aliphatic rings. The maximum Gasteiger partial charge on any atom is 0.0945 e. The molecule has 0 bridgehead atoms. The number of ether oxygens (including phenoxy) is 1. The van der Waals surface area contributed by atoms with Crippen LogP contribution in [0.3, 0.4) is 0 Å². The first-order chi connectivity index (χ1) is 8.61. The number of aryl methyl sites for hydroxylation is 1. The Morgan fingerprint density at radius 2 is 2.06 bits per heavy atom. The van der Waals surface area contributed by atoms with Crippen molar-refractivity contribution < 1.29 is 9.84 Å². The first-order valence-electron chi connectivity index (χ1n) is 6.70. The second kappa shape index (κ2) is 8.11. The third kappa shape index (κ3) is 6.03. The number of rotatable bonds is 8. The van der Waals surface area contributed by atoms with Crippen LogP contribution in [-0.2, 0) is 11.2 Å². The average molecular weight is 251 g/mol. The standard InChI is InChI=1S/C15H25NO2/c1-4-13-6-5-7-14(8-13)16-9-15(17)11-18-10-12(2)3/h5-8,12,15-17H,4,9-11H2,1-3H3. The molecule has 0 saturated carbocycles. The molecular formula is C15H25NO2. The Hall–Kier alpha value is -1.06. The fraction of sp³-hybridized carbons (Fsp3) is 0.600. The summed E-state index contributed by atoms with van der Waals surface area (Å²) in [4.78, 5) is 0. The number of hydrogen-bond donors (Lipinski definition) is 2. The minimum absolute atomic E-state index is 0.388. The van der Waals surface area contributed by atoms with Gasteiger partial charge in [-0.3, -0.25) is 0 Å². The van der Waals surface area contributed by atoms with E-state index in [2.05, 4.69) is 38.2 Å². The van der Waals surface area contributed by atoms with E-state index in [-0.39, 0.29) is 0 Å². The van der Waals surface area contributed by atoms with Crippen molar-refractivity contribution in [3.8, 4) is 0 Å². The number of hydrogen-bond acceptors (Lipinski definition) is 3. The van der Waals surface area contributed by atoms with E-state index in [1.165, 1.54) is 5.56 Å². The SMILES string of the molecule is CCc1cccc(NCC(O)COCC(C)C)c1. The lowest BCUT2D eigenvalue weighted by Gasteiger charge is -2.14. The Labute approximate surface area is 110 Å². The maximum atomic E-state index is 9.76. The highest BCUT2D eigenvalue weighted by Gasteiger charge is 2.05. The van der Waals surface area contributed by atoms with Crippen LogP contribution in [0, 0.1) is 5.92 Å². The third-order valence-corrected chi connectivity index (χ3v) is 2.64. The van der Waals surface area contributed by atoms with E-state index in [0.717, 1.165) is 12.1 Å². The third-order valence-electron chi connectivity index (χ3n) is 2.64. The van der Waals surface area contributed by atoms with Gasteiger partial charge in [0.2, 0.25) is 0 Å². The molecule has 0 heterocycles. The molecule has 1 aromatic rings. The first-order valence-corrected chi connectivity index (χ1v) is 6.70. The Kier molecular flexibility index (Phi) is 6.76. The van der Waals surface area contributed by atoms with Crippen molar-refractivity contribution in [2.45, 2.75) is 33.3 Å². The average Bonchev–Trinajstić information content (AvgIpc) is 2.36. The molecule has 3 nitrogen and oxygen atoms in total. The monoisotopic (exact) mass is 251 g/mol. The summed E-state index contributed by atoms with van der Waals surface area (Å²) in [6, 6.07) is 8.26. The molecule has 2 N–H and O–H groups in total. The van der Waals surface area contributed by atoms with E-state index in [0.29, 0.717) is 25.7 Å². The number of anilines is 1. The van der Waals surface area contributed by atoms with Gasteiger partial charge in [0.05, 0.1) is 12.7 Å². The summed E-state index contributed by atoms with van der Waals surface area (Å²) in [6.45, 7) is 7.93. The molecule has 0 radical (unpaired) electrons. The summed E-state index contributed by atoms with van der Waals surface area (Å²) in [5.41, 5.74) is 2.35. The van der Waals surface area contributed by atoms with Gasteiger partial charge in [0, 0.05) is 18.8 Å². The van der Waals surface area contributed by atoms with Crippen molar-refractivity contribution in [3.05, 3.63) is 29.8 Å². The van der Waals surface area contributed by atoms with E-state index in [4.69, 9.17) is 4.74 Å². The predicted molar refractivity (Wildman–Crippen MR) is 76.0 cm³/mol. The molecule has 0 saturated heterocycles. The van der Waals surface area contributed by atoms with Crippen molar-refractivity contribution in [1.82, 2.24) is 0 Å². The fourth-order valence-corrected chi connectivity index (χ4v) is 1.64. The van der Waals surface area contributed by atoms with Gasteiger partial charge >= 0.3 is 0 Å². The van der Waals surface area contributed by atoms with E-state index in [9.17, 15) is 5.11 Å². The zero-order valence-corrected chi connectivity index (χ0v) is 11.6. The fourth-order valence-electron chi connectivity index (χ4n) is 1.64. The Morgan fingerprint density at radius 1 is 1.28 bits per heavy atom. The molecule has 0 spiro atoms. The minimum Gasteiger partial charge on any atom is -0.389 e. The van der Waals surface area contributed by atoms with Gasteiger partial charge in [-0.05, 0) is 30.0 Å². The first kappa shape index (κ1) is 15.0. The predicted octanol–water partition coefficient (Wildman–Crippen LogP) is 2.69. The molecule has 18 heavy (non-hydrogen) atoms. The minimum atomic E-state index is -0.464.